The monoisotopic (exact) mass is 427 g/mol. The molecule has 6 heteroatoms. The summed E-state index contributed by atoms with van der Waals surface area (Å²) in [6.07, 6.45) is 6.31. The molecule has 31 heavy (non-hydrogen) atoms. The fourth-order valence-electron chi connectivity index (χ4n) is 5.62. The van der Waals surface area contributed by atoms with Crippen LogP contribution >= 0.6 is 0 Å². The number of anilines is 1. The highest BCUT2D eigenvalue weighted by Gasteiger charge is 2.45. The molecular weight excluding hydrogens is 390 g/mol. The maximum Gasteiger partial charge on any atom is 0.409 e. The molecule has 2 fully saturated rings. The number of fused-ring (bicyclic) bond motifs is 2. The van der Waals surface area contributed by atoms with Gasteiger partial charge in [-0.05, 0) is 56.3 Å². The van der Waals surface area contributed by atoms with Crippen molar-refractivity contribution in [3.8, 4) is 0 Å². The Balaban J connectivity index is 1.27. The van der Waals surface area contributed by atoms with E-state index in [1.165, 1.54) is 5.56 Å². The second-order valence-electron chi connectivity index (χ2n) is 9.63. The molecule has 2 saturated heterocycles. The molecule has 1 atom stereocenters. The highest BCUT2D eigenvalue weighted by Crippen LogP contribution is 2.47. The highest BCUT2D eigenvalue weighted by atomic mass is 16.6. The summed E-state index contributed by atoms with van der Waals surface area (Å²) in [5.74, 6) is 0.668. The van der Waals surface area contributed by atoms with Gasteiger partial charge in [0.05, 0.1) is 6.61 Å². The van der Waals surface area contributed by atoms with E-state index in [1.807, 2.05) is 15.9 Å². The van der Waals surface area contributed by atoms with Crippen molar-refractivity contribution in [3.05, 3.63) is 29.8 Å². The number of carbonyl (C=O) groups is 2. The van der Waals surface area contributed by atoms with Gasteiger partial charge in [0.15, 0.2) is 0 Å². The zero-order valence-corrected chi connectivity index (χ0v) is 19.1. The van der Waals surface area contributed by atoms with Gasteiger partial charge in [0.25, 0.3) is 0 Å². The first-order valence-electron chi connectivity index (χ1n) is 12.0. The van der Waals surface area contributed by atoms with E-state index in [1.54, 1.807) is 6.92 Å². The van der Waals surface area contributed by atoms with E-state index < -0.39 is 0 Å². The van der Waals surface area contributed by atoms with Gasteiger partial charge in [-0.1, -0.05) is 38.0 Å². The number of hydrogen-bond donors (Lipinski definition) is 0. The number of para-hydroxylation sites is 1. The van der Waals surface area contributed by atoms with Crippen LogP contribution in [0.3, 0.4) is 0 Å². The minimum atomic E-state index is -0.136. The molecule has 0 unspecified atom stereocenters. The number of benzene rings is 1. The minimum absolute atomic E-state index is 0.1000. The fraction of sp³-hybridized carbons (Fsp3) is 0.680. The number of ether oxygens (including phenoxy) is 1. The molecule has 1 aromatic rings. The topological polar surface area (TPSA) is 53.1 Å². The molecule has 170 valence electrons. The number of piperidine rings is 1. The van der Waals surface area contributed by atoms with Gasteiger partial charge >= 0.3 is 6.09 Å². The van der Waals surface area contributed by atoms with E-state index in [9.17, 15) is 9.59 Å². The van der Waals surface area contributed by atoms with Gasteiger partial charge in [-0.2, -0.15) is 0 Å². The van der Waals surface area contributed by atoms with Gasteiger partial charge in [0.2, 0.25) is 5.91 Å². The fourth-order valence-corrected chi connectivity index (χ4v) is 5.62. The molecule has 3 heterocycles. The molecule has 4 rings (SSSR count). The largest absolute Gasteiger partial charge is 0.449 e. The van der Waals surface area contributed by atoms with Gasteiger partial charge < -0.3 is 19.4 Å². The van der Waals surface area contributed by atoms with Crippen molar-refractivity contribution in [2.45, 2.75) is 57.8 Å². The Morgan fingerprint density at radius 3 is 2.65 bits per heavy atom. The maximum absolute atomic E-state index is 12.3. The number of likely N-dealkylation sites (tertiary alicyclic amines) is 2. The summed E-state index contributed by atoms with van der Waals surface area (Å²) in [5, 5.41) is 0. The lowest BCUT2D eigenvalue weighted by molar-refractivity contribution is -0.116. The Morgan fingerprint density at radius 1 is 1.13 bits per heavy atom. The summed E-state index contributed by atoms with van der Waals surface area (Å²) in [6, 6.07) is 8.44. The van der Waals surface area contributed by atoms with Gasteiger partial charge in [-0.15, -0.1) is 0 Å². The van der Waals surface area contributed by atoms with Crippen LogP contribution in [0.2, 0.25) is 0 Å². The Labute approximate surface area is 186 Å². The van der Waals surface area contributed by atoms with Crippen molar-refractivity contribution >= 4 is 17.7 Å². The average molecular weight is 428 g/mol. The predicted molar refractivity (Wildman–Crippen MR) is 122 cm³/mol. The molecule has 0 aliphatic carbocycles. The van der Waals surface area contributed by atoms with Crippen LogP contribution in [-0.2, 0) is 14.9 Å². The first-order chi connectivity index (χ1) is 15.0. The molecule has 0 radical (unpaired) electrons. The first kappa shape index (κ1) is 22.1. The third kappa shape index (κ3) is 4.74. The molecule has 0 N–H and O–H groups in total. The maximum atomic E-state index is 12.3. The zero-order chi connectivity index (χ0) is 21.8. The summed E-state index contributed by atoms with van der Waals surface area (Å²) < 4.78 is 5.43. The van der Waals surface area contributed by atoms with Crippen molar-refractivity contribution in [2.24, 2.45) is 5.92 Å². The molecule has 3 aliphatic heterocycles. The summed E-state index contributed by atoms with van der Waals surface area (Å²) in [6.45, 7) is 9.97. The predicted octanol–water partition coefficient (Wildman–Crippen LogP) is 4.04. The van der Waals surface area contributed by atoms with Crippen LogP contribution in [0, 0.1) is 5.92 Å². The number of unbranched alkanes of at least 4 members (excludes halogenated alkanes) is 2. The van der Waals surface area contributed by atoms with Crippen LogP contribution < -0.4 is 4.90 Å². The number of amides is 2. The van der Waals surface area contributed by atoms with E-state index >= 15 is 0 Å². The lowest BCUT2D eigenvalue weighted by Crippen LogP contribution is -2.47. The number of hydrogen-bond acceptors (Lipinski definition) is 4. The standard InChI is InChI=1S/C25H37N3O3/c1-3-4-7-16-31-24(30)27-13-10-21(18-27)17-26-14-11-25(12-15-26)19-28(20(2)29)23-9-6-5-8-22(23)25/h5-6,8-9,21H,3-4,7,10-19H2,1-2H3/t21-/m0/s1. The third-order valence-corrected chi connectivity index (χ3v) is 7.45. The normalized spacial score (nSPS) is 22.7. The lowest BCUT2D eigenvalue weighted by Gasteiger charge is -2.40. The molecule has 0 bridgehead atoms. The van der Waals surface area contributed by atoms with Gasteiger partial charge in [0.1, 0.15) is 0 Å². The average Bonchev–Trinajstić information content (AvgIpc) is 3.37. The van der Waals surface area contributed by atoms with E-state index in [2.05, 4.69) is 30.0 Å². The molecule has 1 aromatic carbocycles. The minimum Gasteiger partial charge on any atom is -0.449 e. The molecule has 2 amide bonds. The molecule has 3 aliphatic rings. The Hall–Kier alpha value is -2.08. The summed E-state index contributed by atoms with van der Waals surface area (Å²) >= 11 is 0. The van der Waals surface area contributed by atoms with Crippen LogP contribution in [0.15, 0.2) is 24.3 Å². The second-order valence-corrected chi connectivity index (χ2v) is 9.63. The smallest absolute Gasteiger partial charge is 0.409 e. The van der Waals surface area contributed by atoms with Gasteiger partial charge in [-0.25, -0.2) is 4.79 Å². The Bertz CT molecular complexity index is 788. The molecule has 6 nitrogen and oxygen atoms in total. The van der Waals surface area contributed by atoms with E-state index in [4.69, 9.17) is 4.74 Å². The highest BCUT2D eigenvalue weighted by molar-refractivity contribution is 5.94. The quantitative estimate of drug-likeness (QED) is 0.643. The van der Waals surface area contributed by atoms with Gasteiger partial charge in [0, 0.05) is 44.2 Å². The summed E-state index contributed by atoms with van der Waals surface area (Å²) in [5.41, 5.74) is 2.55. The van der Waals surface area contributed by atoms with Crippen molar-refractivity contribution in [1.29, 1.82) is 0 Å². The Kier molecular flexibility index (Phi) is 6.85. The van der Waals surface area contributed by atoms with Gasteiger partial charge in [-0.3, -0.25) is 4.79 Å². The van der Waals surface area contributed by atoms with E-state index in [0.29, 0.717) is 12.5 Å². The molecule has 1 spiro atoms. The third-order valence-electron chi connectivity index (χ3n) is 7.45. The van der Waals surface area contributed by atoms with Crippen LogP contribution in [-0.4, -0.2) is 67.7 Å². The number of rotatable bonds is 6. The SMILES string of the molecule is CCCCCOC(=O)N1CC[C@@H](CN2CCC3(CC2)CN(C(C)=O)c2ccccc23)C1. The van der Waals surface area contributed by atoms with Crippen LogP contribution in [0.4, 0.5) is 10.5 Å². The van der Waals surface area contributed by atoms with Crippen molar-refractivity contribution in [1.82, 2.24) is 9.80 Å². The Morgan fingerprint density at radius 2 is 1.90 bits per heavy atom. The van der Waals surface area contributed by atoms with E-state index in [0.717, 1.165) is 83.5 Å². The van der Waals surface area contributed by atoms with E-state index in [-0.39, 0.29) is 17.4 Å². The summed E-state index contributed by atoms with van der Waals surface area (Å²) in [7, 11) is 0. The summed E-state index contributed by atoms with van der Waals surface area (Å²) in [4.78, 5) is 30.9. The van der Waals surface area contributed by atoms with Crippen molar-refractivity contribution < 1.29 is 14.3 Å². The van der Waals surface area contributed by atoms with Crippen LogP contribution in [0.5, 0.6) is 0 Å². The van der Waals surface area contributed by atoms with Crippen molar-refractivity contribution in [2.75, 3.05) is 50.8 Å². The molecule has 0 saturated carbocycles. The lowest BCUT2D eigenvalue weighted by atomic mass is 9.74. The molecular formula is C25H37N3O3. The van der Waals surface area contributed by atoms with Crippen LogP contribution in [0.25, 0.3) is 0 Å². The number of carbonyl (C=O) groups excluding carboxylic acids is 2. The molecule has 0 aromatic heterocycles. The first-order valence-corrected chi connectivity index (χ1v) is 12.0. The van der Waals surface area contributed by atoms with Crippen LogP contribution in [0.1, 0.15) is 57.9 Å². The zero-order valence-electron chi connectivity index (χ0n) is 19.1. The number of nitrogens with zero attached hydrogens (tertiary/aromatic N) is 3. The second kappa shape index (κ2) is 9.60. The van der Waals surface area contributed by atoms with Crippen molar-refractivity contribution in [3.63, 3.8) is 0 Å².